The van der Waals surface area contributed by atoms with Crippen molar-refractivity contribution in [2.75, 3.05) is 0 Å². The molecule has 0 atom stereocenters. The molecule has 1 spiro atoms. The molecule has 0 aromatic heterocycles. The first-order valence-electron chi connectivity index (χ1n) is 6.92. The maximum Gasteiger partial charge on any atom is 0.274 e. The average Bonchev–Trinajstić information content (AvgIpc) is 2.88. The minimum Gasteiger partial charge on any atom is -0.276 e. The molecule has 2 aliphatic heterocycles. The van der Waals surface area contributed by atoms with Crippen LogP contribution in [0.4, 0.5) is 0 Å². The summed E-state index contributed by atoms with van der Waals surface area (Å²) in [6.07, 6.45) is 4.44. The molecule has 4 rings (SSSR count). The smallest absolute Gasteiger partial charge is 0.274 e. The molecule has 1 aromatic carbocycles. The van der Waals surface area contributed by atoms with Crippen LogP contribution >= 0.6 is 11.6 Å². The van der Waals surface area contributed by atoms with Crippen LogP contribution in [0.15, 0.2) is 23.2 Å². The number of carbonyl (C=O) groups is 2. The number of halogens is 1. The lowest BCUT2D eigenvalue weighted by molar-refractivity contribution is -0.126. The van der Waals surface area contributed by atoms with E-state index in [-0.39, 0.29) is 11.8 Å². The lowest BCUT2D eigenvalue weighted by Gasteiger charge is -2.37. The second-order valence-corrected chi connectivity index (χ2v) is 6.04. The Labute approximate surface area is 121 Å². The highest BCUT2D eigenvalue weighted by Gasteiger charge is 2.57. The molecule has 0 saturated heterocycles. The maximum atomic E-state index is 12.7. The lowest BCUT2D eigenvalue weighted by Crippen LogP contribution is -2.53. The summed E-state index contributed by atoms with van der Waals surface area (Å²) in [7, 11) is 0. The van der Waals surface area contributed by atoms with E-state index in [0.29, 0.717) is 34.8 Å². The van der Waals surface area contributed by atoms with E-state index in [9.17, 15) is 9.59 Å². The van der Waals surface area contributed by atoms with Crippen molar-refractivity contribution in [3.63, 3.8) is 0 Å². The lowest BCUT2D eigenvalue weighted by atomic mass is 9.80. The topological polar surface area (TPSA) is 49.7 Å². The van der Waals surface area contributed by atoms with Crippen LogP contribution in [0.5, 0.6) is 0 Å². The first-order chi connectivity index (χ1) is 9.65. The fraction of sp³-hybridized carbons (Fsp3) is 0.400. The highest BCUT2D eigenvalue weighted by molar-refractivity contribution is 6.40. The monoisotopic (exact) mass is 288 g/mol. The largest absolute Gasteiger partial charge is 0.276 e. The first-order valence-corrected chi connectivity index (χ1v) is 7.29. The van der Waals surface area contributed by atoms with Gasteiger partial charge in [-0.05, 0) is 25.0 Å². The summed E-state index contributed by atoms with van der Waals surface area (Å²) in [5, 5.41) is 0.484. The summed E-state index contributed by atoms with van der Waals surface area (Å²) < 4.78 is 0. The second kappa shape index (κ2) is 3.92. The fourth-order valence-electron chi connectivity index (χ4n) is 3.63. The third-order valence-corrected chi connectivity index (χ3v) is 4.91. The quantitative estimate of drug-likeness (QED) is 0.737. The van der Waals surface area contributed by atoms with Gasteiger partial charge in [0.05, 0.1) is 10.6 Å². The van der Waals surface area contributed by atoms with Gasteiger partial charge in [-0.1, -0.05) is 36.9 Å². The van der Waals surface area contributed by atoms with E-state index in [4.69, 9.17) is 11.6 Å². The summed E-state index contributed by atoms with van der Waals surface area (Å²) in [6, 6.07) is 5.25. The minimum absolute atomic E-state index is 0.131. The summed E-state index contributed by atoms with van der Waals surface area (Å²) >= 11 is 6.21. The van der Waals surface area contributed by atoms with E-state index in [2.05, 4.69) is 4.99 Å². The summed E-state index contributed by atoms with van der Waals surface area (Å²) in [6.45, 7) is 0. The molecule has 102 valence electrons. The molecule has 1 aromatic rings. The van der Waals surface area contributed by atoms with Gasteiger partial charge in [0.15, 0.2) is 0 Å². The van der Waals surface area contributed by atoms with Crippen LogP contribution in [-0.2, 0) is 4.79 Å². The summed E-state index contributed by atoms with van der Waals surface area (Å²) in [5.41, 5.74) is 0.441. The molecular formula is C15H13ClN2O2. The molecule has 20 heavy (non-hydrogen) atoms. The predicted molar refractivity (Wildman–Crippen MR) is 75.0 cm³/mol. The molecule has 5 heteroatoms. The van der Waals surface area contributed by atoms with Gasteiger partial charge in [-0.3, -0.25) is 14.5 Å². The zero-order chi connectivity index (χ0) is 13.9. The maximum absolute atomic E-state index is 12.7. The normalized spacial score (nSPS) is 23.1. The van der Waals surface area contributed by atoms with Crippen LogP contribution in [0.1, 0.15) is 48.0 Å². The van der Waals surface area contributed by atoms with E-state index >= 15 is 0 Å². The highest BCUT2D eigenvalue weighted by atomic mass is 35.5. The standard InChI is InChI=1S/C15H13ClN2O2/c16-10-6-4-5-9-11(10)12-17-14(20)15(18(12)13(9)19)7-2-1-3-8-15/h4-6H,1-3,7-8H2. The van der Waals surface area contributed by atoms with Crippen molar-refractivity contribution in [3.8, 4) is 0 Å². The number of amides is 2. The first kappa shape index (κ1) is 12.1. The van der Waals surface area contributed by atoms with Crippen molar-refractivity contribution in [3.05, 3.63) is 34.3 Å². The van der Waals surface area contributed by atoms with Gasteiger partial charge < -0.3 is 0 Å². The van der Waals surface area contributed by atoms with E-state index in [1.165, 1.54) is 0 Å². The van der Waals surface area contributed by atoms with E-state index in [1.807, 2.05) is 0 Å². The predicted octanol–water partition coefficient (Wildman–Crippen LogP) is 2.79. The average molecular weight is 289 g/mol. The molecule has 3 aliphatic rings. The van der Waals surface area contributed by atoms with Crippen LogP contribution in [0.2, 0.25) is 5.02 Å². The minimum atomic E-state index is -0.743. The van der Waals surface area contributed by atoms with E-state index in [0.717, 1.165) is 19.3 Å². The molecular weight excluding hydrogens is 276 g/mol. The Hall–Kier alpha value is -1.68. The van der Waals surface area contributed by atoms with Gasteiger partial charge in [0.1, 0.15) is 11.4 Å². The molecule has 2 heterocycles. The van der Waals surface area contributed by atoms with Gasteiger partial charge in [-0.25, -0.2) is 0 Å². The van der Waals surface area contributed by atoms with Crippen molar-refractivity contribution in [1.82, 2.24) is 4.90 Å². The Bertz CT molecular complexity index is 674. The van der Waals surface area contributed by atoms with E-state index < -0.39 is 5.54 Å². The van der Waals surface area contributed by atoms with Gasteiger partial charge in [0.25, 0.3) is 11.8 Å². The third-order valence-electron chi connectivity index (χ3n) is 4.60. The van der Waals surface area contributed by atoms with Gasteiger partial charge in [-0.15, -0.1) is 0 Å². The number of hydrogen-bond acceptors (Lipinski definition) is 2. The van der Waals surface area contributed by atoms with Gasteiger partial charge in [-0.2, -0.15) is 4.99 Å². The Balaban J connectivity index is 1.91. The van der Waals surface area contributed by atoms with Gasteiger partial charge in [0, 0.05) is 5.56 Å². The van der Waals surface area contributed by atoms with Crippen molar-refractivity contribution >= 4 is 29.3 Å². The number of nitrogens with zero attached hydrogens (tertiary/aromatic N) is 2. The number of hydrogen-bond donors (Lipinski definition) is 0. The molecule has 2 amide bonds. The zero-order valence-electron chi connectivity index (χ0n) is 10.9. The summed E-state index contributed by atoms with van der Waals surface area (Å²) in [4.78, 5) is 30.9. The molecule has 1 fully saturated rings. The fourth-order valence-corrected chi connectivity index (χ4v) is 3.89. The van der Waals surface area contributed by atoms with Crippen LogP contribution in [0, 0.1) is 0 Å². The van der Waals surface area contributed by atoms with Crippen molar-refractivity contribution in [2.24, 2.45) is 4.99 Å². The Morgan fingerprint density at radius 1 is 1.15 bits per heavy atom. The molecule has 0 bridgehead atoms. The zero-order valence-corrected chi connectivity index (χ0v) is 11.6. The molecule has 4 nitrogen and oxygen atoms in total. The number of aliphatic imine (C=N–C) groups is 1. The molecule has 1 saturated carbocycles. The van der Waals surface area contributed by atoms with Crippen molar-refractivity contribution in [2.45, 2.75) is 37.6 Å². The molecule has 0 unspecified atom stereocenters. The van der Waals surface area contributed by atoms with Crippen LogP contribution < -0.4 is 0 Å². The van der Waals surface area contributed by atoms with Gasteiger partial charge in [0.2, 0.25) is 0 Å². The highest BCUT2D eigenvalue weighted by Crippen LogP contribution is 2.45. The molecule has 1 aliphatic carbocycles. The SMILES string of the molecule is O=C1c2cccc(Cl)c2C2=NC(=O)C3(CCCCC3)N12. The molecule has 0 N–H and O–H groups in total. The Morgan fingerprint density at radius 3 is 2.65 bits per heavy atom. The molecule has 0 radical (unpaired) electrons. The van der Waals surface area contributed by atoms with E-state index in [1.54, 1.807) is 23.1 Å². The number of benzene rings is 1. The number of amidine groups is 1. The van der Waals surface area contributed by atoms with Crippen molar-refractivity contribution < 1.29 is 9.59 Å². The van der Waals surface area contributed by atoms with Gasteiger partial charge >= 0.3 is 0 Å². The van der Waals surface area contributed by atoms with Crippen LogP contribution in [0.25, 0.3) is 0 Å². The van der Waals surface area contributed by atoms with Crippen LogP contribution in [-0.4, -0.2) is 28.1 Å². The Morgan fingerprint density at radius 2 is 1.90 bits per heavy atom. The third kappa shape index (κ3) is 1.30. The Kier molecular flexibility index (Phi) is 2.37. The number of fused-ring (bicyclic) bond motifs is 4. The number of carbonyl (C=O) groups excluding carboxylic acids is 2. The number of rotatable bonds is 0. The van der Waals surface area contributed by atoms with Crippen LogP contribution in [0.3, 0.4) is 0 Å². The second-order valence-electron chi connectivity index (χ2n) is 5.64. The summed E-state index contributed by atoms with van der Waals surface area (Å²) in [5.74, 6) is 0.155. The van der Waals surface area contributed by atoms with Crippen molar-refractivity contribution in [1.29, 1.82) is 0 Å².